The first-order chi connectivity index (χ1) is 20.2. The molecule has 3 saturated heterocycles. The van der Waals surface area contributed by atoms with Gasteiger partial charge in [-0.05, 0) is 95.6 Å². The topological polar surface area (TPSA) is 80.8 Å². The number of carbonyl (C=O) groups is 2. The molecule has 42 heavy (non-hydrogen) atoms. The molecule has 2 amide bonds. The van der Waals surface area contributed by atoms with E-state index in [1.165, 1.54) is 56.2 Å². The summed E-state index contributed by atoms with van der Waals surface area (Å²) in [5, 5.41) is 6.66. The normalized spacial score (nSPS) is 24.9. The van der Waals surface area contributed by atoms with Crippen LogP contribution in [-0.4, -0.2) is 95.9 Å². The van der Waals surface area contributed by atoms with Crippen molar-refractivity contribution in [2.45, 2.75) is 71.4 Å². The highest BCUT2D eigenvalue weighted by atomic mass is 32.1. The first-order valence-corrected chi connectivity index (χ1v) is 16.6. The van der Waals surface area contributed by atoms with Crippen LogP contribution in [0.4, 0.5) is 14.3 Å². The smallest absolute Gasteiger partial charge is 0.321 e. The van der Waals surface area contributed by atoms with Gasteiger partial charge < -0.3 is 15.1 Å². The van der Waals surface area contributed by atoms with Gasteiger partial charge in [0.2, 0.25) is 0 Å². The van der Waals surface area contributed by atoms with Gasteiger partial charge in [-0.2, -0.15) is 0 Å². The highest BCUT2D eigenvalue weighted by Crippen LogP contribution is 2.29. The van der Waals surface area contributed by atoms with Crippen molar-refractivity contribution in [3.05, 3.63) is 46.2 Å². The predicted octanol–water partition coefficient (Wildman–Crippen LogP) is 5.04. The number of anilines is 1. The molecule has 3 fully saturated rings. The third-order valence-electron chi connectivity index (χ3n) is 9.51. The average Bonchev–Trinajstić information content (AvgIpc) is 3.63. The molecule has 0 aliphatic carbocycles. The van der Waals surface area contributed by atoms with Crippen molar-refractivity contribution in [1.82, 2.24) is 25.0 Å². The van der Waals surface area contributed by atoms with Crippen molar-refractivity contribution in [1.29, 1.82) is 0 Å². The van der Waals surface area contributed by atoms with Crippen LogP contribution in [0.3, 0.4) is 0 Å². The van der Waals surface area contributed by atoms with Crippen LogP contribution in [0, 0.1) is 24.6 Å². The summed E-state index contributed by atoms with van der Waals surface area (Å²) in [4.78, 5) is 37.8. The fourth-order valence-corrected chi connectivity index (χ4v) is 8.01. The van der Waals surface area contributed by atoms with E-state index in [0.29, 0.717) is 33.6 Å². The molecule has 5 rings (SSSR count). The Morgan fingerprint density at radius 3 is 2.48 bits per heavy atom. The Morgan fingerprint density at radius 2 is 1.76 bits per heavy atom. The number of thiazole rings is 1. The maximum absolute atomic E-state index is 13.4. The number of Topliss-reactive ketones (excluding diaryl/α,β-unsaturated/α-hetero) is 1. The summed E-state index contributed by atoms with van der Waals surface area (Å²) in [5.74, 6) is 0.613. The third kappa shape index (κ3) is 8.15. The van der Waals surface area contributed by atoms with Crippen LogP contribution in [0.15, 0.2) is 24.3 Å². The molecule has 1 unspecified atom stereocenters. The van der Waals surface area contributed by atoms with Gasteiger partial charge in [-0.25, -0.2) is 14.2 Å². The van der Waals surface area contributed by atoms with E-state index in [1.807, 2.05) is 12.1 Å². The summed E-state index contributed by atoms with van der Waals surface area (Å²) in [6, 6.07) is 7.07. The number of aromatic nitrogens is 1. The number of urea groups is 1. The minimum absolute atomic E-state index is 0.0343. The van der Waals surface area contributed by atoms with E-state index < -0.39 is 0 Å². The van der Waals surface area contributed by atoms with Gasteiger partial charge in [0.15, 0.2) is 10.9 Å². The minimum atomic E-state index is -0.251. The van der Waals surface area contributed by atoms with E-state index in [4.69, 9.17) is 0 Å². The van der Waals surface area contributed by atoms with E-state index in [2.05, 4.69) is 37.2 Å². The molecule has 1 aromatic carbocycles. The first-order valence-electron chi connectivity index (χ1n) is 15.7. The fraction of sp³-hybridized carbons (Fsp3) is 0.656. The molecule has 0 bridgehead atoms. The second kappa shape index (κ2) is 14.4. The number of likely N-dealkylation sites (tertiary alicyclic amines) is 3. The summed E-state index contributed by atoms with van der Waals surface area (Å²) in [7, 11) is 0. The molecule has 0 saturated carbocycles. The van der Waals surface area contributed by atoms with Crippen molar-refractivity contribution in [3.63, 3.8) is 0 Å². The average molecular weight is 599 g/mol. The summed E-state index contributed by atoms with van der Waals surface area (Å²) in [6.07, 6.45) is 6.83. The first kappa shape index (κ1) is 31.0. The fourth-order valence-electron chi connectivity index (χ4n) is 7.15. The van der Waals surface area contributed by atoms with Gasteiger partial charge in [0.05, 0.1) is 10.6 Å². The standard InChI is InChI=1S/C32H47FN6O2S/c1-22-30(24(3)40)42-32(34-22)36-31(41)35-29-12-16-38(18-17-37-13-4-5-14-37)21-28(29)23(2)39-15-6-7-26(20-39)19-25-8-10-27(33)11-9-25/h8-11,23,26,28-29H,4-7,12-21H2,1-3H3,(H2,34,35,36,41)/t23-,26?,28-,29+/m0/s1. The zero-order chi connectivity index (χ0) is 29.6. The highest BCUT2D eigenvalue weighted by molar-refractivity contribution is 7.17. The summed E-state index contributed by atoms with van der Waals surface area (Å²) in [5.41, 5.74) is 1.85. The van der Waals surface area contributed by atoms with Crippen molar-refractivity contribution >= 4 is 28.3 Å². The highest BCUT2D eigenvalue weighted by Gasteiger charge is 2.38. The molecule has 0 spiro atoms. The molecule has 10 heteroatoms. The maximum Gasteiger partial charge on any atom is 0.321 e. The molecule has 2 aromatic rings. The lowest BCUT2D eigenvalue weighted by Gasteiger charge is -2.47. The number of rotatable bonds is 10. The molecule has 0 radical (unpaired) electrons. The van der Waals surface area contributed by atoms with E-state index in [0.717, 1.165) is 58.5 Å². The van der Waals surface area contributed by atoms with Crippen molar-refractivity contribution < 1.29 is 14.0 Å². The van der Waals surface area contributed by atoms with E-state index >= 15 is 0 Å². The Kier molecular flexibility index (Phi) is 10.6. The predicted molar refractivity (Wildman–Crippen MR) is 167 cm³/mol. The van der Waals surface area contributed by atoms with Gasteiger partial charge in [-0.15, -0.1) is 0 Å². The van der Waals surface area contributed by atoms with Crippen molar-refractivity contribution in [3.8, 4) is 0 Å². The van der Waals surface area contributed by atoms with Gasteiger partial charge in [0.25, 0.3) is 0 Å². The van der Waals surface area contributed by atoms with Gasteiger partial charge in [-0.1, -0.05) is 23.5 Å². The molecule has 4 heterocycles. The number of hydrogen-bond donors (Lipinski definition) is 2. The number of halogens is 1. The largest absolute Gasteiger partial charge is 0.335 e. The van der Waals surface area contributed by atoms with Crippen LogP contribution < -0.4 is 10.6 Å². The van der Waals surface area contributed by atoms with Crippen molar-refractivity contribution in [2.75, 3.05) is 57.7 Å². The monoisotopic (exact) mass is 598 g/mol. The lowest BCUT2D eigenvalue weighted by atomic mass is 9.83. The van der Waals surface area contributed by atoms with Crippen LogP contribution in [0.25, 0.3) is 0 Å². The number of amides is 2. The second-order valence-electron chi connectivity index (χ2n) is 12.6. The third-order valence-corrected chi connectivity index (χ3v) is 10.7. The Hall–Kier alpha value is -2.40. The van der Waals surface area contributed by atoms with Gasteiger partial charge in [-0.3, -0.25) is 15.0 Å². The van der Waals surface area contributed by atoms with E-state index in [-0.39, 0.29) is 23.7 Å². The minimum Gasteiger partial charge on any atom is -0.335 e. The van der Waals surface area contributed by atoms with E-state index in [9.17, 15) is 14.0 Å². The molecule has 8 nitrogen and oxygen atoms in total. The maximum atomic E-state index is 13.4. The molecular formula is C32H47FN6O2S. The number of benzene rings is 1. The summed E-state index contributed by atoms with van der Waals surface area (Å²) >= 11 is 1.23. The molecule has 3 aliphatic rings. The number of nitrogens with one attached hydrogen (secondary N) is 2. The lowest BCUT2D eigenvalue weighted by molar-refractivity contribution is 0.0395. The van der Waals surface area contributed by atoms with Crippen LogP contribution in [0.5, 0.6) is 0 Å². The van der Waals surface area contributed by atoms with Gasteiger partial charge in [0.1, 0.15) is 5.82 Å². The number of piperidine rings is 2. The van der Waals surface area contributed by atoms with Crippen LogP contribution in [-0.2, 0) is 6.42 Å². The zero-order valence-corrected chi connectivity index (χ0v) is 26.2. The van der Waals surface area contributed by atoms with Crippen LogP contribution in [0.2, 0.25) is 0 Å². The number of nitrogens with zero attached hydrogens (tertiary/aromatic N) is 4. The van der Waals surface area contributed by atoms with Crippen LogP contribution >= 0.6 is 11.3 Å². The summed E-state index contributed by atoms with van der Waals surface area (Å²) in [6.45, 7) is 14.3. The zero-order valence-electron chi connectivity index (χ0n) is 25.4. The molecule has 1 aromatic heterocycles. The molecule has 230 valence electrons. The van der Waals surface area contributed by atoms with E-state index in [1.54, 1.807) is 19.1 Å². The Balaban J connectivity index is 1.24. The summed E-state index contributed by atoms with van der Waals surface area (Å²) < 4.78 is 13.4. The number of ketones is 1. The van der Waals surface area contributed by atoms with Gasteiger partial charge >= 0.3 is 6.03 Å². The Morgan fingerprint density at radius 1 is 1.02 bits per heavy atom. The Bertz CT molecular complexity index is 1200. The Labute approximate surface area is 254 Å². The number of hydrogen-bond acceptors (Lipinski definition) is 7. The van der Waals surface area contributed by atoms with Gasteiger partial charge in [0, 0.05) is 57.6 Å². The lowest BCUT2D eigenvalue weighted by Crippen LogP contribution is -2.59. The molecular weight excluding hydrogens is 551 g/mol. The molecule has 3 aliphatic heterocycles. The van der Waals surface area contributed by atoms with Crippen LogP contribution in [0.1, 0.15) is 66.9 Å². The molecule has 2 N–H and O–H groups in total. The second-order valence-corrected chi connectivity index (χ2v) is 13.6. The number of carbonyl (C=O) groups excluding carboxylic acids is 2. The molecule has 4 atom stereocenters. The quantitative estimate of drug-likeness (QED) is 0.373. The number of aryl methyl sites for hydroxylation is 1. The van der Waals surface area contributed by atoms with Crippen molar-refractivity contribution in [2.24, 2.45) is 11.8 Å². The SMILES string of the molecule is CC(=O)c1sc(NC(=O)N[C@@H]2CCN(CCN3CCCC3)C[C@H]2[C@H](C)N2CCCC(Cc3ccc(F)cc3)C2)nc1C.